The van der Waals surface area contributed by atoms with Crippen LogP contribution in [0.4, 0.5) is 0 Å². The molecule has 5 rings (SSSR count). The van der Waals surface area contributed by atoms with Crippen molar-refractivity contribution in [2.45, 2.75) is 31.1 Å². The fourth-order valence-corrected chi connectivity index (χ4v) is 4.11. The molecule has 0 atom stereocenters. The van der Waals surface area contributed by atoms with Crippen molar-refractivity contribution in [2.75, 3.05) is 13.9 Å². The van der Waals surface area contributed by atoms with Crippen LogP contribution >= 0.6 is 0 Å². The average Bonchev–Trinajstić information content (AvgIpc) is 3.46. The van der Waals surface area contributed by atoms with Crippen LogP contribution in [0.5, 0.6) is 17.2 Å². The summed E-state index contributed by atoms with van der Waals surface area (Å²) in [6.45, 7) is 0.241. The van der Waals surface area contributed by atoms with Gasteiger partial charge < -0.3 is 14.2 Å². The van der Waals surface area contributed by atoms with Gasteiger partial charge in [0.2, 0.25) is 6.79 Å². The van der Waals surface area contributed by atoms with Gasteiger partial charge in [-0.15, -0.1) is 0 Å². The van der Waals surface area contributed by atoms with Crippen LogP contribution < -0.4 is 14.2 Å². The fourth-order valence-electron chi connectivity index (χ4n) is 4.11. The molecule has 2 heterocycles. The van der Waals surface area contributed by atoms with E-state index in [1.165, 1.54) is 0 Å². The third-order valence-corrected chi connectivity index (χ3v) is 6.02. The number of fused-ring (bicyclic) bond motifs is 1. The van der Waals surface area contributed by atoms with Gasteiger partial charge in [-0.2, -0.15) is 0 Å². The minimum Gasteiger partial charge on any atom is -0.496 e. The van der Waals surface area contributed by atoms with Crippen molar-refractivity contribution in [1.82, 2.24) is 4.98 Å². The van der Waals surface area contributed by atoms with Crippen LogP contribution in [0, 0.1) is 0 Å². The summed E-state index contributed by atoms with van der Waals surface area (Å²) in [6.07, 6.45) is 4.68. The molecule has 2 aliphatic rings. The van der Waals surface area contributed by atoms with Crippen LogP contribution in [0.2, 0.25) is 0 Å². The van der Waals surface area contributed by atoms with E-state index in [1.807, 2.05) is 54.7 Å². The number of nitrogens with zero attached hydrogens (tertiary/aromatic N) is 1. The third-order valence-electron chi connectivity index (χ3n) is 6.02. The number of ether oxygens (including phenoxy) is 3. The van der Waals surface area contributed by atoms with Gasteiger partial charge in [-0.05, 0) is 53.8 Å². The Kier molecular flexibility index (Phi) is 4.66. The molecule has 5 nitrogen and oxygen atoms in total. The quantitative estimate of drug-likeness (QED) is 0.592. The van der Waals surface area contributed by atoms with Gasteiger partial charge in [-0.1, -0.05) is 30.3 Å². The van der Waals surface area contributed by atoms with E-state index in [-0.39, 0.29) is 12.6 Å². The van der Waals surface area contributed by atoms with Crippen LogP contribution in [0.25, 0.3) is 0 Å². The Labute approximate surface area is 175 Å². The zero-order chi connectivity index (χ0) is 20.6. The van der Waals surface area contributed by atoms with E-state index >= 15 is 0 Å². The molecule has 0 saturated heterocycles. The molecule has 0 N–H and O–H groups in total. The molecule has 1 fully saturated rings. The number of hydrogen-bond donors (Lipinski definition) is 0. The summed E-state index contributed by atoms with van der Waals surface area (Å²) < 4.78 is 16.3. The Bertz CT molecular complexity index is 1090. The van der Waals surface area contributed by atoms with Crippen molar-refractivity contribution in [3.05, 3.63) is 83.2 Å². The molecular formula is C25H23NO4. The van der Waals surface area contributed by atoms with E-state index in [9.17, 15) is 4.79 Å². The molecule has 0 spiro atoms. The number of ketones is 1. The van der Waals surface area contributed by atoms with E-state index in [0.717, 1.165) is 58.9 Å². The maximum absolute atomic E-state index is 13.1. The van der Waals surface area contributed by atoms with Gasteiger partial charge in [0.15, 0.2) is 11.5 Å². The number of para-hydroxylation sites is 1. The summed E-state index contributed by atoms with van der Waals surface area (Å²) in [5, 5.41) is 0. The van der Waals surface area contributed by atoms with E-state index < -0.39 is 5.41 Å². The molecule has 0 unspecified atom stereocenters. The maximum atomic E-state index is 13.1. The first-order valence-corrected chi connectivity index (χ1v) is 10.2. The molecule has 30 heavy (non-hydrogen) atoms. The number of methoxy groups -OCH3 is 1. The fraction of sp³-hybridized carbons (Fsp3) is 0.280. The highest BCUT2D eigenvalue weighted by atomic mass is 16.7. The lowest BCUT2D eigenvalue weighted by Crippen LogP contribution is -2.23. The molecule has 2 aromatic carbocycles. The topological polar surface area (TPSA) is 57.7 Å². The van der Waals surface area contributed by atoms with Gasteiger partial charge in [0, 0.05) is 24.7 Å². The van der Waals surface area contributed by atoms with Crippen molar-refractivity contribution in [1.29, 1.82) is 0 Å². The van der Waals surface area contributed by atoms with Crippen molar-refractivity contribution in [3.63, 3.8) is 0 Å². The normalized spacial score (nSPS) is 15.6. The smallest absolute Gasteiger partial charge is 0.231 e. The van der Waals surface area contributed by atoms with Gasteiger partial charge in [-0.25, -0.2) is 0 Å². The number of Topliss-reactive ketones (excluding diaryl/α,β-unsaturated/α-hetero) is 1. The molecular weight excluding hydrogens is 378 g/mol. The first-order chi connectivity index (χ1) is 14.7. The molecule has 0 radical (unpaired) electrons. The molecule has 1 saturated carbocycles. The number of carbonyl (C=O) groups is 1. The first-order valence-electron chi connectivity index (χ1n) is 10.2. The second-order valence-corrected chi connectivity index (χ2v) is 7.90. The lowest BCUT2D eigenvalue weighted by atomic mass is 9.88. The summed E-state index contributed by atoms with van der Waals surface area (Å²) in [4.78, 5) is 17.7. The van der Waals surface area contributed by atoms with Crippen LogP contribution in [-0.4, -0.2) is 24.7 Å². The Morgan fingerprint density at radius 3 is 2.67 bits per heavy atom. The minimum atomic E-state index is -0.404. The van der Waals surface area contributed by atoms with E-state index in [0.29, 0.717) is 6.42 Å². The summed E-state index contributed by atoms with van der Waals surface area (Å²) in [6, 6.07) is 17.8. The third kappa shape index (κ3) is 3.41. The number of carbonyl (C=O) groups excluding carboxylic acids is 1. The van der Waals surface area contributed by atoms with Gasteiger partial charge >= 0.3 is 0 Å². The Hall–Kier alpha value is -3.34. The molecule has 1 aliphatic carbocycles. The zero-order valence-electron chi connectivity index (χ0n) is 16.9. The van der Waals surface area contributed by atoms with Crippen molar-refractivity contribution >= 4 is 5.78 Å². The van der Waals surface area contributed by atoms with Crippen LogP contribution in [0.1, 0.15) is 35.2 Å². The lowest BCUT2D eigenvalue weighted by Gasteiger charge is -2.15. The average molecular weight is 401 g/mol. The second-order valence-electron chi connectivity index (χ2n) is 7.90. The number of hydrogen-bond acceptors (Lipinski definition) is 5. The Morgan fingerprint density at radius 1 is 1.07 bits per heavy atom. The Morgan fingerprint density at radius 2 is 1.90 bits per heavy atom. The summed E-state index contributed by atoms with van der Waals surface area (Å²) >= 11 is 0. The highest BCUT2D eigenvalue weighted by Crippen LogP contribution is 2.51. The van der Waals surface area contributed by atoms with Gasteiger partial charge in [0.05, 0.1) is 12.5 Å². The van der Waals surface area contributed by atoms with Gasteiger partial charge in [0.25, 0.3) is 0 Å². The largest absolute Gasteiger partial charge is 0.496 e. The zero-order valence-corrected chi connectivity index (χ0v) is 16.9. The molecule has 0 amide bonds. The number of benzene rings is 2. The van der Waals surface area contributed by atoms with Crippen LogP contribution in [0.15, 0.2) is 60.8 Å². The van der Waals surface area contributed by atoms with E-state index in [4.69, 9.17) is 14.2 Å². The summed E-state index contributed by atoms with van der Waals surface area (Å²) in [7, 11) is 1.68. The van der Waals surface area contributed by atoms with Gasteiger partial charge in [0.1, 0.15) is 11.5 Å². The van der Waals surface area contributed by atoms with Crippen molar-refractivity contribution < 1.29 is 19.0 Å². The SMILES string of the molecule is COc1ccccc1Cc1ccc(CC(=O)C2(c3ccc4c(c3)OCO4)CC2)nc1. The summed E-state index contributed by atoms with van der Waals surface area (Å²) in [5.74, 6) is 2.56. The number of aromatic nitrogens is 1. The lowest BCUT2D eigenvalue weighted by molar-refractivity contribution is -0.120. The van der Waals surface area contributed by atoms with Crippen molar-refractivity contribution in [2.24, 2.45) is 0 Å². The molecule has 3 aromatic rings. The molecule has 0 bridgehead atoms. The molecule has 5 heteroatoms. The summed E-state index contributed by atoms with van der Waals surface area (Å²) in [5.41, 5.74) is 3.62. The monoisotopic (exact) mass is 401 g/mol. The highest BCUT2D eigenvalue weighted by Gasteiger charge is 2.50. The number of rotatable bonds is 7. The Balaban J connectivity index is 1.28. The standard InChI is InChI=1S/C25H23NO4/c1-28-21-5-3-2-4-18(21)12-17-6-8-20(26-15-17)14-24(27)25(10-11-25)19-7-9-22-23(13-19)30-16-29-22/h2-9,13,15H,10-12,14,16H2,1H3. The molecule has 1 aliphatic heterocycles. The first kappa shape index (κ1) is 18.7. The predicted octanol–water partition coefficient (Wildman–Crippen LogP) is 4.25. The minimum absolute atomic E-state index is 0.214. The second kappa shape index (κ2) is 7.48. The number of pyridine rings is 1. The predicted molar refractivity (Wildman–Crippen MR) is 112 cm³/mol. The van der Waals surface area contributed by atoms with Gasteiger partial charge in [-0.3, -0.25) is 9.78 Å². The maximum Gasteiger partial charge on any atom is 0.231 e. The van der Waals surface area contributed by atoms with Crippen LogP contribution in [-0.2, 0) is 23.1 Å². The molecule has 152 valence electrons. The van der Waals surface area contributed by atoms with E-state index in [2.05, 4.69) is 11.1 Å². The molecule has 1 aromatic heterocycles. The van der Waals surface area contributed by atoms with Crippen LogP contribution in [0.3, 0.4) is 0 Å². The highest BCUT2D eigenvalue weighted by molar-refractivity contribution is 5.94. The van der Waals surface area contributed by atoms with Crippen molar-refractivity contribution in [3.8, 4) is 17.2 Å². The van der Waals surface area contributed by atoms with E-state index in [1.54, 1.807) is 7.11 Å².